The molecule has 0 spiro atoms. The smallest absolute Gasteiger partial charge is 0.242 e. The van der Waals surface area contributed by atoms with Crippen molar-refractivity contribution in [1.82, 2.24) is 5.32 Å². The minimum absolute atomic E-state index is 0.00407. The van der Waals surface area contributed by atoms with Crippen LogP contribution < -0.4 is 11.1 Å². The minimum Gasteiger partial charge on any atom is -0.394 e. The number of rotatable bonds is 4. The number of carbonyl (C=O) groups excluding carboxylic acids is 1. The number of thiophene rings is 1. The SMILES string of the molecule is NC(C(=O)NC1(CO)CCC1)c1cccs1. The Morgan fingerprint density at radius 2 is 2.44 bits per heavy atom. The Hall–Kier alpha value is -0.910. The van der Waals surface area contributed by atoms with Crippen LogP contribution in [0.5, 0.6) is 0 Å². The van der Waals surface area contributed by atoms with Crippen LogP contribution in [-0.2, 0) is 4.79 Å². The molecule has 1 aliphatic rings. The lowest BCUT2D eigenvalue weighted by Crippen LogP contribution is -2.57. The van der Waals surface area contributed by atoms with Crippen molar-refractivity contribution in [2.45, 2.75) is 30.8 Å². The molecule has 5 heteroatoms. The lowest BCUT2D eigenvalue weighted by molar-refractivity contribution is -0.126. The second kappa shape index (κ2) is 4.53. The van der Waals surface area contributed by atoms with Crippen molar-refractivity contribution >= 4 is 17.2 Å². The number of hydrogen-bond donors (Lipinski definition) is 3. The molecule has 0 saturated heterocycles. The number of hydrogen-bond acceptors (Lipinski definition) is 4. The van der Waals surface area contributed by atoms with Crippen molar-refractivity contribution in [2.24, 2.45) is 5.73 Å². The van der Waals surface area contributed by atoms with E-state index in [-0.39, 0.29) is 12.5 Å². The van der Waals surface area contributed by atoms with E-state index in [4.69, 9.17) is 5.73 Å². The monoisotopic (exact) mass is 240 g/mol. The Bertz CT molecular complexity index is 355. The van der Waals surface area contributed by atoms with Crippen LogP contribution in [0.15, 0.2) is 17.5 Å². The number of aliphatic hydroxyl groups is 1. The van der Waals surface area contributed by atoms with Gasteiger partial charge in [-0.25, -0.2) is 0 Å². The zero-order valence-electron chi connectivity index (χ0n) is 8.98. The van der Waals surface area contributed by atoms with Crippen molar-refractivity contribution in [2.75, 3.05) is 6.61 Å². The van der Waals surface area contributed by atoms with E-state index in [1.807, 2.05) is 17.5 Å². The van der Waals surface area contributed by atoms with Crippen LogP contribution in [0.4, 0.5) is 0 Å². The van der Waals surface area contributed by atoms with Gasteiger partial charge < -0.3 is 16.2 Å². The zero-order valence-corrected chi connectivity index (χ0v) is 9.80. The third-order valence-electron chi connectivity index (χ3n) is 3.13. The molecule has 0 radical (unpaired) electrons. The summed E-state index contributed by atoms with van der Waals surface area (Å²) < 4.78 is 0. The largest absolute Gasteiger partial charge is 0.394 e. The molecule has 88 valence electrons. The van der Waals surface area contributed by atoms with E-state index in [1.165, 1.54) is 11.3 Å². The van der Waals surface area contributed by atoms with Crippen molar-refractivity contribution in [3.05, 3.63) is 22.4 Å². The molecular weight excluding hydrogens is 224 g/mol. The van der Waals surface area contributed by atoms with Gasteiger partial charge in [0.2, 0.25) is 5.91 Å². The molecule has 4 nitrogen and oxygen atoms in total. The first-order valence-corrected chi connectivity index (χ1v) is 6.27. The molecule has 1 amide bonds. The number of carbonyl (C=O) groups is 1. The summed E-state index contributed by atoms with van der Waals surface area (Å²) in [7, 11) is 0. The van der Waals surface area contributed by atoms with Gasteiger partial charge in [-0.2, -0.15) is 0 Å². The Morgan fingerprint density at radius 3 is 2.88 bits per heavy atom. The van der Waals surface area contributed by atoms with Crippen LogP contribution >= 0.6 is 11.3 Å². The van der Waals surface area contributed by atoms with E-state index in [0.29, 0.717) is 0 Å². The van der Waals surface area contributed by atoms with Crippen LogP contribution in [0.1, 0.15) is 30.2 Å². The average molecular weight is 240 g/mol. The van der Waals surface area contributed by atoms with Crippen LogP contribution in [-0.4, -0.2) is 23.2 Å². The highest BCUT2D eigenvalue weighted by Crippen LogP contribution is 2.31. The molecule has 1 aromatic rings. The maximum absolute atomic E-state index is 11.9. The zero-order chi connectivity index (χ0) is 11.6. The maximum atomic E-state index is 11.9. The van der Waals surface area contributed by atoms with E-state index in [9.17, 15) is 9.90 Å². The first-order chi connectivity index (χ1) is 7.67. The van der Waals surface area contributed by atoms with E-state index in [0.717, 1.165) is 24.1 Å². The van der Waals surface area contributed by atoms with Gasteiger partial charge in [0.05, 0.1) is 12.1 Å². The fraction of sp³-hybridized carbons (Fsp3) is 0.545. The summed E-state index contributed by atoms with van der Waals surface area (Å²) in [6.45, 7) is -0.00407. The number of nitrogens with one attached hydrogen (secondary N) is 1. The normalized spacial score (nSPS) is 19.9. The van der Waals surface area contributed by atoms with Crippen LogP contribution in [0.3, 0.4) is 0 Å². The molecular formula is C11H16N2O2S. The Morgan fingerprint density at radius 1 is 1.69 bits per heavy atom. The quantitative estimate of drug-likeness (QED) is 0.728. The third-order valence-corrected chi connectivity index (χ3v) is 4.09. The van der Waals surface area contributed by atoms with Crippen molar-refractivity contribution in [3.63, 3.8) is 0 Å². The molecule has 16 heavy (non-hydrogen) atoms. The van der Waals surface area contributed by atoms with Gasteiger partial charge in [0, 0.05) is 4.88 Å². The summed E-state index contributed by atoms with van der Waals surface area (Å²) in [4.78, 5) is 12.7. The summed E-state index contributed by atoms with van der Waals surface area (Å²) in [5.41, 5.74) is 5.43. The summed E-state index contributed by atoms with van der Waals surface area (Å²) >= 11 is 1.47. The van der Waals surface area contributed by atoms with E-state index in [1.54, 1.807) is 0 Å². The molecule has 1 aliphatic carbocycles. The summed E-state index contributed by atoms with van der Waals surface area (Å²) in [5.74, 6) is -0.198. The highest BCUT2D eigenvalue weighted by atomic mass is 32.1. The lowest BCUT2D eigenvalue weighted by atomic mass is 9.77. The molecule has 0 aromatic carbocycles. The van der Waals surface area contributed by atoms with Gasteiger partial charge in [-0.1, -0.05) is 6.07 Å². The van der Waals surface area contributed by atoms with Gasteiger partial charge in [-0.3, -0.25) is 4.79 Å². The Labute approximate surface area is 98.5 Å². The van der Waals surface area contributed by atoms with Gasteiger partial charge in [-0.15, -0.1) is 11.3 Å². The van der Waals surface area contributed by atoms with Crippen LogP contribution in [0.2, 0.25) is 0 Å². The number of nitrogens with two attached hydrogens (primary N) is 1. The topological polar surface area (TPSA) is 75.4 Å². The standard InChI is InChI=1S/C11H16N2O2S/c12-9(8-3-1-6-16-8)10(15)13-11(7-14)4-2-5-11/h1,3,6,9,14H,2,4-5,7,12H2,(H,13,15). The second-order valence-corrected chi connectivity index (χ2v) is 5.25. The molecule has 1 fully saturated rings. The van der Waals surface area contributed by atoms with Crippen molar-refractivity contribution in [3.8, 4) is 0 Å². The summed E-state index contributed by atoms with van der Waals surface area (Å²) in [6.07, 6.45) is 2.73. The number of aliphatic hydroxyl groups excluding tert-OH is 1. The van der Waals surface area contributed by atoms with Gasteiger partial charge >= 0.3 is 0 Å². The third kappa shape index (κ3) is 2.11. The van der Waals surface area contributed by atoms with E-state index in [2.05, 4.69) is 5.32 Å². The van der Waals surface area contributed by atoms with E-state index < -0.39 is 11.6 Å². The Balaban J connectivity index is 1.98. The molecule has 2 rings (SSSR count). The van der Waals surface area contributed by atoms with Crippen molar-refractivity contribution < 1.29 is 9.90 Å². The first kappa shape index (κ1) is 11.6. The molecule has 1 saturated carbocycles. The molecule has 1 atom stereocenters. The Kier molecular flexibility index (Phi) is 3.28. The van der Waals surface area contributed by atoms with E-state index >= 15 is 0 Å². The van der Waals surface area contributed by atoms with Crippen LogP contribution in [0.25, 0.3) is 0 Å². The van der Waals surface area contributed by atoms with Gasteiger partial charge in [0.1, 0.15) is 6.04 Å². The minimum atomic E-state index is -0.621. The van der Waals surface area contributed by atoms with Gasteiger partial charge in [0.15, 0.2) is 0 Å². The van der Waals surface area contributed by atoms with Gasteiger partial charge in [0.25, 0.3) is 0 Å². The first-order valence-electron chi connectivity index (χ1n) is 5.39. The molecule has 1 aromatic heterocycles. The second-order valence-electron chi connectivity index (χ2n) is 4.27. The summed E-state index contributed by atoms with van der Waals surface area (Å²) in [6, 6.07) is 3.10. The van der Waals surface area contributed by atoms with Crippen LogP contribution in [0, 0.1) is 0 Å². The molecule has 4 N–H and O–H groups in total. The highest BCUT2D eigenvalue weighted by Gasteiger charge is 2.38. The molecule has 1 heterocycles. The van der Waals surface area contributed by atoms with Crippen molar-refractivity contribution in [1.29, 1.82) is 0 Å². The highest BCUT2D eigenvalue weighted by molar-refractivity contribution is 7.10. The maximum Gasteiger partial charge on any atom is 0.242 e. The lowest BCUT2D eigenvalue weighted by Gasteiger charge is -2.41. The number of amides is 1. The molecule has 0 bridgehead atoms. The fourth-order valence-corrected chi connectivity index (χ4v) is 2.59. The predicted octanol–water partition coefficient (Wildman–Crippen LogP) is 0.779. The predicted molar refractivity (Wildman–Crippen MR) is 63.1 cm³/mol. The van der Waals surface area contributed by atoms with Gasteiger partial charge in [-0.05, 0) is 30.7 Å². The fourth-order valence-electron chi connectivity index (χ4n) is 1.86. The average Bonchev–Trinajstić information content (AvgIpc) is 2.75. The molecule has 1 unspecified atom stereocenters. The summed E-state index contributed by atoms with van der Waals surface area (Å²) in [5, 5.41) is 14.0. The molecule has 0 aliphatic heterocycles.